The molecule has 0 bridgehead atoms. The molecular weight excluding hydrogens is 226 g/mol. The average Bonchev–Trinajstić information content (AvgIpc) is 2.21. The van der Waals surface area contributed by atoms with Crippen molar-refractivity contribution in [1.82, 2.24) is 5.32 Å². The largest absolute Gasteiger partial charge is 0.481 e. The Morgan fingerprint density at radius 1 is 1.18 bits per heavy atom. The lowest BCUT2D eigenvalue weighted by molar-refractivity contribution is -0.151. The van der Waals surface area contributed by atoms with Crippen LogP contribution in [0, 0.1) is 11.8 Å². The van der Waals surface area contributed by atoms with Crippen LogP contribution in [0.3, 0.4) is 0 Å². The highest BCUT2D eigenvalue weighted by atomic mass is 16.4. The molecule has 0 rings (SSSR count). The molecule has 0 saturated heterocycles. The van der Waals surface area contributed by atoms with E-state index >= 15 is 0 Å². The highest BCUT2D eigenvalue weighted by molar-refractivity contribution is 5.92. The molecule has 0 saturated carbocycles. The van der Waals surface area contributed by atoms with Gasteiger partial charge in [-0.25, -0.2) is 0 Å². The topological polar surface area (TPSA) is 104 Å². The van der Waals surface area contributed by atoms with Crippen molar-refractivity contribution in [3.63, 3.8) is 0 Å². The summed E-state index contributed by atoms with van der Waals surface area (Å²) in [5.41, 5.74) is 0. The van der Waals surface area contributed by atoms with Gasteiger partial charge in [-0.1, -0.05) is 20.8 Å². The van der Waals surface area contributed by atoms with E-state index in [0.29, 0.717) is 6.54 Å². The SMILES string of the molecule is CCNC(C(=O)C(C)C)C(CC(=O)O)C(=O)O. The fraction of sp³-hybridized carbons (Fsp3) is 0.727. The Balaban J connectivity index is 5.01. The van der Waals surface area contributed by atoms with Crippen molar-refractivity contribution in [3.8, 4) is 0 Å². The van der Waals surface area contributed by atoms with Crippen molar-refractivity contribution >= 4 is 17.7 Å². The standard InChI is InChI=1S/C11H19NO5/c1-4-12-9(10(15)6(2)3)7(11(16)17)5-8(13)14/h6-7,9,12H,4-5H2,1-3H3,(H,13,14)(H,16,17). The van der Waals surface area contributed by atoms with Gasteiger partial charge in [0.05, 0.1) is 18.4 Å². The third-order valence-corrected chi connectivity index (χ3v) is 2.41. The zero-order chi connectivity index (χ0) is 13.6. The number of rotatable bonds is 8. The third-order valence-electron chi connectivity index (χ3n) is 2.41. The monoisotopic (exact) mass is 245 g/mol. The van der Waals surface area contributed by atoms with E-state index in [1.165, 1.54) is 0 Å². The van der Waals surface area contributed by atoms with Crippen molar-refractivity contribution < 1.29 is 24.6 Å². The normalized spacial score (nSPS) is 14.4. The molecule has 0 spiro atoms. The molecule has 0 aliphatic carbocycles. The second-order valence-corrected chi connectivity index (χ2v) is 4.14. The fourth-order valence-electron chi connectivity index (χ4n) is 1.56. The number of ketones is 1. The maximum absolute atomic E-state index is 11.8. The Kier molecular flexibility index (Phi) is 6.42. The Morgan fingerprint density at radius 3 is 2.00 bits per heavy atom. The van der Waals surface area contributed by atoms with Gasteiger partial charge >= 0.3 is 11.9 Å². The quantitative estimate of drug-likeness (QED) is 0.570. The van der Waals surface area contributed by atoms with Crippen LogP contribution >= 0.6 is 0 Å². The molecule has 0 aromatic carbocycles. The van der Waals surface area contributed by atoms with E-state index in [4.69, 9.17) is 10.2 Å². The van der Waals surface area contributed by atoms with Crippen LogP contribution in [0.4, 0.5) is 0 Å². The van der Waals surface area contributed by atoms with Gasteiger partial charge in [0.25, 0.3) is 0 Å². The zero-order valence-corrected chi connectivity index (χ0v) is 10.3. The first-order valence-electron chi connectivity index (χ1n) is 5.52. The van der Waals surface area contributed by atoms with Gasteiger partial charge in [-0.2, -0.15) is 0 Å². The lowest BCUT2D eigenvalue weighted by atomic mass is 9.88. The van der Waals surface area contributed by atoms with Crippen LogP contribution in [0.1, 0.15) is 27.2 Å². The van der Waals surface area contributed by atoms with E-state index in [0.717, 1.165) is 0 Å². The lowest BCUT2D eigenvalue weighted by Crippen LogP contribution is -2.48. The van der Waals surface area contributed by atoms with Gasteiger partial charge in [-0.15, -0.1) is 0 Å². The molecule has 0 aromatic rings. The van der Waals surface area contributed by atoms with E-state index < -0.39 is 30.3 Å². The maximum Gasteiger partial charge on any atom is 0.309 e. The van der Waals surface area contributed by atoms with Gasteiger partial charge in [0.2, 0.25) is 0 Å². The van der Waals surface area contributed by atoms with E-state index in [2.05, 4.69) is 5.32 Å². The molecule has 6 nitrogen and oxygen atoms in total. The van der Waals surface area contributed by atoms with Gasteiger partial charge in [-0.3, -0.25) is 14.4 Å². The number of hydrogen-bond acceptors (Lipinski definition) is 4. The van der Waals surface area contributed by atoms with Crippen LogP contribution in [0.25, 0.3) is 0 Å². The van der Waals surface area contributed by atoms with Gasteiger partial charge in [-0.05, 0) is 6.54 Å². The summed E-state index contributed by atoms with van der Waals surface area (Å²) in [7, 11) is 0. The molecule has 6 heteroatoms. The number of carbonyl (C=O) groups is 3. The average molecular weight is 245 g/mol. The molecule has 0 aromatic heterocycles. The summed E-state index contributed by atoms with van der Waals surface area (Å²) in [5, 5.41) is 20.4. The fourth-order valence-corrected chi connectivity index (χ4v) is 1.56. The number of aliphatic carboxylic acids is 2. The summed E-state index contributed by atoms with van der Waals surface area (Å²) in [5.74, 6) is -4.35. The minimum Gasteiger partial charge on any atom is -0.481 e. The minimum absolute atomic E-state index is 0.277. The van der Waals surface area contributed by atoms with Gasteiger partial charge in [0.1, 0.15) is 0 Å². The van der Waals surface area contributed by atoms with E-state index in [1.807, 2.05) is 0 Å². The second kappa shape index (κ2) is 7.01. The van der Waals surface area contributed by atoms with E-state index in [1.54, 1.807) is 20.8 Å². The van der Waals surface area contributed by atoms with E-state index in [9.17, 15) is 14.4 Å². The zero-order valence-electron chi connectivity index (χ0n) is 10.3. The number of carboxylic acids is 2. The molecule has 0 fully saturated rings. The van der Waals surface area contributed by atoms with Crippen LogP contribution in [-0.2, 0) is 14.4 Å². The van der Waals surface area contributed by atoms with Crippen LogP contribution in [0.2, 0.25) is 0 Å². The number of Topliss-reactive ketones (excluding diaryl/α,β-unsaturated/α-hetero) is 1. The molecule has 0 aliphatic heterocycles. The van der Waals surface area contributed by atoms with Crippen molar-refractivity contribution in [2.24, 2.45) is 11.8 Å². The summed E-state index contributed by atoms with van der Waals surface area (Å²) in [4.78, 5) is 33.5. The molecule has 2 unspecified atom stereocenters. The lowest BCUT2D eigenvalue weighted by Gasteiger charge is -2.24. The summed E-state index contributed by atoms with van der Waals surface area (Å²) < 4.78 is 0. The van der Waals surface area contributed by atoms with Gasteiger partial charge in [0, 0.05) is 5.92 Å². The number of likely N-dealkylation sites (N-methyl/N-ethyl adjacent to an activating group) is 1. The first-order chi connectivity index (χ1) is 7.81. The molecular formula is C11H19NO5. The highest BCUT2D eigenvalue weighted by Gasteiger charge is 2.35. The summed E-state index contributed by atoms with van der Waals surface area (Å²) in [6.07, 6.45) is -0.564. The summed E-state index contributed by atoms with van der Waals surface area (Å²) in [6.45, 7) is 5.46. The number of hydrogen-bond donors (Lipinski definition) is 3. The molecule has 0 aliphatic rings. The first kappa shape index (κ1) is 15.6. The van der Waals surface area contributed by atoms with Crippen LogP contribution < -0.4 is 5.32 Å². The van der Waals surface area contributed by atoms with Crippen molar-refractivity contribution in [2.45, 2.75) is 33.2 Å². The highest BCUT2D eigenvalue weighted by Crippen LogP contribution is 2.14. The molecule has 0 radical (unpaired) electrons. The Hall–Kier alpha value is -1.43. The molecule has 0 amide bonds. The first-order valence-corrected chi connectivity index (χ1v) is 5.52. The summed E-state index contributed by atoms with van der Waals surface area (Å²) in [6, 6.07) is -0.950. The van der Waals surface area contributed by atoms with Crippen LogP contribution in [0.15, 0.2) is 0 Å². The van der Waals surface area contributed by atoms with Crippen molar-refractivity contribution in [1.29, 1.82) is 0 Å². The Morgan fingerprint density at radius 2 is 1.71 bits per heavy atom. The molecule has 17 heavy (non-hydrogen) atoms. The predicted octanol–water partition coefficient (Wildman–Crippen LogP) is 0.365. The predicted molar refractivity (Wildman–Crippen MR) is 60.7 cm³/mol. The van der Waals surface area contributed by atoms with Gasteiger partial charge < -0.3 is 15.5 Å². The Labute approximate surface area is 100 Å². The van der Waals surface area contributed by atoms with Crippen LogP contribution in [-0.4, -0.2) is 40.5 Å². The second-order valence-electron chi connectivity index (χ2n) is 4.14. The Bertz CT molecular complexity index is 300. The number of nitrogens with one attached hydrogen (secondary N) is 1. The van der Waals surface area contributed by atoms with Crippen molar-refractivity contribution in [3.05, 3.63) is 0 Å². The molecule has 3 N–H and O–H groups in total. The number of carbonyl (C=O) groups excluding carboxylic acids is 1. The van der Waals surface area contributed by atoms with Crippen LogP contribution in [0.5, 0.6) is 0 Å². The molecule has 2 atom stereocenters. The van der Waals surface area contributed by atoms with Gasteiger partial charge in [0.15, 0.2) is 5.78 Å². The molecule has 0 heterocycles. The maximum atomic E-state index is 11.8. The van der Waals surface area contributed by atoms with E-state index in [-0.39, 0.29) is 11.7 Å². The third kappa shape index (κ3) is 4.95. The summed E-state index contributed by atoms with van der Waals surface area (Å²) >= 11 is 0. The number of carboxylic acid groups (broad SMARTS) is 2. The van der Waals surface area contributed by atoms with Crippen molar-refractivity contribution in [2.75, 3.05) is 6.54 Å². The smallest absolute Gasteiger partial charge is 0.309 e. The molecule has 98 valence electrons. The minimum atomic E-state index is -1.27.